The van der Waals surface area contributed by atoms with Crippen LogP contribution in [-0.2, 0) is 30.4 Å². The van der Waals surface area contributed by atoms with E-state index in [2.05, 4.69) is 25.4 Å². The van der Waals surface area contributed by atoms with E-state index in [4.69, 9.17) is 11.6 Å². The maximum Gasteiger partial charge on any atom is 0.419 e. The number of aromatic nitrogens is 5. The zero-order valence-electron chi connectivity index (χ0n) is 18.9. The van der Waals surface area contributed by atoms with Crippen LogP contribution in [0.25, 0.3) is 11.1 Å². The summed E-state index contributed by atoms with van der Waals surface area (Å²) in [6.45, 7) is 2.75. The molecule has 0 saturated heterocycles. The van der Waals surface area contributed by atoms with E-state index in [9.17, 15) is 22.4 Å². The molecule has 3 aromatic heterocycles. The molecule has 186 valence electrons. The molecule has 0 bridgehead atoms. The minimum Gasteiger partial charge on any atom is -0.324 e. The molecule has 1 N–H and O–H groups in total. The third-order valence-corrected chi connectivity index (χ3v) is 5.55. The quantitative estimate of drug-likeness (QED) is 0.264. The summed E-state index contributed by atoms with van der Waals surface area (Å²) < 4.78 is 55.4. The van der Waals surface area contributed by atoms with Gasteiger partial charge in [-0.3, -0.25) is 9.48 Å². The molecule has 0 spiro atoms. The lowest BCUT2D eigenvalue weighted by atomic mass is 10.0. The Balaban J connectivity index is 1.41. The summed E-state index contributed by atoms with van der Waals surface area (Å²) in [5.41, 5.74) is 0.764. The maximum absolute atomic E-state index is 14.7. The number of nitrogens with zero attached hydrogens (tertiary/aromatic N) is 5. The third kappa shape index (κ3) is 6.03. The van der Waals surface area contributed by atoms with Gasteiger partial charge in [-0.25, -0.2) is 19.3 Å². The van der Waals surface area contributed by atoms with Gasteiger partial charge < -0.3 is 5.32 Å². The number of carbonyl (C=O) groups excluding carboxylic acids is 1. The molecule has 36 heavy (non-hydrogen) atoms. The lowest BCUT2D eigenvalue weighted by Gasteiger charge is -2.11. The van der Waals surface area contributed by atoms with Crippen LogP contribution in [0.15, 0.2) is 55.2 Å². The second-order valence-corrected chi connectivity index (χ2v) is 8.22. The monoisotopic (exact) mass is 518 g/mol. The number of rotatable bonds is 7. The summed E-state index contributed by atoms with van der Waals surface area (Å²) in [6.07, 6.45) is 3.22. The lowest BCUT2D eigenvalue weighted by Crippen LogP contribution is -2.16. The summed E-state index contributed by atoms with van der Waals surface area (Å²) in [4.78, 5) is 24.4. The Bertz CT molecular complexity index is 1390. The van der Waals surface area contributed by atoms with Crippen LogP contribution in [0.4, 0.5) is 23.2 Å². The fraction of sp³-hybridized carbons (Fsp3) is 0.208. The van der Waals surface area contributed by atoms with E-state index in [-0.39, 0.29) is 11.3 Å². The lowest BCUT2D eigenvalue weighted by molar-refractivity contribution is -0.137. The van der Waals surface area contributed by atoms with E-state index in [1.165, 1.54) is 12.1 Å². The number of aryl methyl sites for hydroxylation is 1. The Hall–Kier alpha value is -3.86. The van der Waals surface area contributed by atoms with E-state index in [0.717, 1.165) is 18.3 Å². The fourth-order valence-electron chi connectivity index (χ4n) is 3.41. The van der Waals surface area contributed by atoms with Crippen LogP contribution >= 0.6 is 11.6 Å². The van der Waals surface area contributed by atoms with Gasteiger partial charge >= 0.3 is 6.18 Å². The van der Waals surface area contributed by atoms with Crippen LogP contribution in [0.3, 0.4) is 0 Å². The standard InChI is InChI=1S/C24H19ClF4N6O/c1-2-35-13-14(9-33-35)5-21-30-10-17(11-31-21)15-3-4-16(20(26)6-15)7-22(36)34-18-8-19(24(27,28)29)23(25)32-12-18/h3-4,6,8-13H,2,5,7H2,1H3,(H,34,36). The average Bonchev–Trinajstić information content (AvgIpc) is 3.29. The topological polar surface area (TPSA) is 85.6 Å². The minimum absolute atomic E-state index is 0.0692. The fourth-order valence-corrected chi connectivity index (χ4v) is 3.62. The highest BCUT2D eigenvalue weighted by Crippen LogP contribution is 2.35. The van der Waals surface area contributed by atoms with Crippen LogP contribution in [0, 0.1) is 5.82 Å². The number of pyridine rings is 1. The highest BCUT2D eigenvalue weighted by atomic mass is 35.5. The molecule has 0 radical (unpaired) electrons. The molecule has 12 heteroatoms. The first-order chi connectivity index (χ1) is 17.1. The number of hydrogen-bond acceptors (Lipinski definition) is 5. The second kappa shape index (κ2) is 10.4. The summed E-state index contributed by atoms with van der Waals surface area (Å²) in [5.74, 6) is -0.768. The summed E-state index contributed by atoms with van der Waals surface area (Å²) >= 11 is 5.48. The van der Waals surface area contributed by atoms with Crippen molar-refractivity contribution in [1.82, 2.24) is 24.7 Å². The van der Waals surface area contributed by atoms with Gasteiger partial charge in [-0.05, 0) is 35.7 Å². The Morgan fingerprint density at radius 1 is 1.06 bits per heavy atom. The van der Waals surface area contributed by atoms with Crippen LogP contribution in [0.5, 0.6) is 0 Å². The molecule has 0 atom stereocenters. The predicted molar refractivity (Wildman–Crippen MR) is 125 cm³/mol. The van der Waals surface area contributed by atoms with Gasteiger partial charge in [0.2, 0.25) is 5.91 Å². The number of carbonyl (C=O) groups is 1. The van der Waals surface area contributed by atoms with Crippen LogP contribution in [0.1, 0.15) is 29.4 Å². The molecule has 7 nitrogen and oxygen atoms in total. The molecule has 1 amide bonds. The Morgan fingerprint density at radius 3 is 2.44 bits per heavy atom. The van der Waals surface area contributed by atoms with E-state index in [1.54, 1.807) is 29.3 Å². The van der Waals surface area contributed by atoms with Crippen molar-refractivity contribution < 1.29 is 22.4 Å². The van der Waals surface area contributed by atoms with Crippen molar-refractivity contribution >= 4 is 23.2 Å². The van der Waals surface area contributed by atoms with Crippen molar-refractivity contribution in [2.45, 2.75) is 32.5 Å². The van der Waals surface area contributed by atoms with E-state index >= 15 is 0 Å². The summed E-state index contributed by atoms with van der Waals surface area (Å²) in [5, 5.41) is 5.76. The Kier molecular flexibility index (Phi) is 7.30. The van der Waals surface area contributed by atoms with E-state index in [1.807, 2.05) is 13.1 Å². The number of amides is 1. The number of nitrogens with one attached hydrogen (secondary N) is 1. The zero-order chi connectivity index (χ0) is 25.9. The highest BCUT2D eigenvalue weighted by molar-refractivity contribution is 6.30. The number of anilines is 1. The van der Waals surface area contributed by atoms with Crippen LogP contribution < -0.4 is 5.32 Å². The number of hydrogen-bond donors (Lipinski definition) is 1. The van der Waals surface area contributed by atoms with Gasteiger partial charge in [0.05, 0.1) is 30.1 Å². The van der Waals surface area contributed by atoms with Gasteiger partial charge in [0.25, 0.3) is 0 Å². The molecule has 0 fully saturated rings. The normalized spacial score (nSPS) is 11.5. The van der Waals surface area contributed by atoms with Crippen LogP contribution in [0.2, 0.25) is 5.15 Å². The second-order valence-electron chi connectivity index (χ2n) is 7.86. The van der Waals surface area contributed by atoms with Crippen molar-refractivity contribution in [3.05, 3.63) is 88.7 Å². The van der Waals surface area contributed by atoms with Crippen molar-refractivity contribution in [2.24, 2.45) is 0 Å². The molecular weight excluding hydrogens is 500 g/mol. The van der Waals surface area contributed by atoms with Crippen molar-refractivity contribution in [3.63, 3.8) is 0 Å². The number of halogens is 5. The first-order valence-corrected chi connectivity index (χ1v) is 11.1. The Morgan fingerprint density at radius 2 is 1.81 bits per heavy atom. The molecule has 0 unspecified atom stereocenters. The van der Waals surface area contributed by atoms with Crippen molar-refractivity contribution in [3.8, 4) is 11.1 Å². The molecule has 0 aliphatic heterocycles. The molecule has 3 heterocycles. The molecule has 1 aromatic carbocycles. The smallest absolute Gasteiger partial charge is 0.324 e. The maximum atomic E-state index is 14.7. The minimum atomic E-state index is -4.73. The largest absolute Gasteiger partial charge is 0.419 e. The third-order valence-electron chi connectivity index (χ3n) is 5.24. The SMILES string of the molecule is CCn1cc(Cc2ncc(-c3ccc(CC(=O)Nc4cnc(Cl)c(C(F)(F)F)c4)c(F)c3)cn2)cn1. The molecule has 0 aliphatic carbocycles. The van der Waals surface area contributed by atoms with Crippen molar-refractivity contribution in [2.75, 3.05) is 5.32 Å². The summed E-state index contributed by atoms with van der Waals surface area (Å²) in [7, 11) is 0. The number of alkyl halides is 3. The molecule has 4 aromatic rings. The average molecular weight is 519 g/mol. The predicted octanol–water partition coefficient (Wildman–Crippen LogP) is 5.34. The van der Waals surface area contributed by atoms with Gasteiger partial charge in [-0.1, -0.05) is 23.7 Å². The Labute approximate surface area is 208 Å². The first-order valence-electron chi connectivity index (χ1n) is 10.8. The zero-order valence-corrected chi connectivity index (χ0v) is 19.6. The van der Waals surface area contributed by atoms with Gasteiger partial charge in [-0.15, -0.1) is 0 Å². The van der Waals surface area contributed by atoms with Crippen LogP contribution in [-0.4, -0.2) is 30.6 Å². The van der Waals surface area contributed by atoms with Gasteiger partial charge in [-0.2, -0.15) is 18.3 Å². The van der Waals surface area contributed by atoms with Gasteiger partial charge in [0.1, 0.15) is 16.8 Å². The molecule has 4 rings (SSSR count). The molecule has 0 aliphatic rings. The summed E-state index contributed by atoms with van der Waals surface area (Å²) in [6, 6.07) is 4.96. The van der Waals surface area contributed by atoms with Gasteiger partial charge in [0, 0.05) is 37.1 Å². The van der Waals surface area contributed by atoms with Gasteiger partial charge in [0.15, 0.2) is 0 Å². The first kappa shape index (κ1) is 25.2. The van der Waals surface area contributed by atoms with E-state index < -0.39 is 35.0 Å². The van der Waals surface area contributed by atoms with E-state index in [0.29, 0.717) is 29.4 Å². The highest BCUT2D eigenvalue weighted by Gasteiger charge is 2.34. The van der Waals surface area contributed by atoms with Crippen molar-refractivity contribution in [1.29, 1.82) is 0 Å². The number of benzene rings is 1. The molecular formula is C24H19ClF4N6O. The molecule has 0 saturated carbocycles.